The quantitative estimate of drug-likeness (QED) is 0.880. The van der Waals surface area contributed by atoms with Gasteiger partial charge < -0.3 is 10.1 Å². The van der Waals surface area contributed by atoms with Crippen molar-refractivity contribution in [1.82, 2.24) is 19.9 Å². The van der Waals surface area contributed by atoms with E-state index in [1.54, 1.807) is 6.20 Å². The van der Waals surface area contributed by atoms with Crippen LogP contribution in [0.4, 0.5) is 0 Å². The SMILES string of the molecule is CCC1CC(C(=O)O)C(c2nc3ncncc3[nH]2)C1. The summed E-state index contributed by atoms with van der Waals surface area (Å²) in [5.74, 6) is 0.0758. The summed E-state index contributed by atoms with van der Waals surface area (Å²) < 4.78 is 0. The van der Waals surface area contributed by atoms with Crippen LogP contribution in [0.2, 0.25) is 0 Å². The molecule has 19 heavy (non-hydrogen) atoms. The molecule has 2 N–H and O–H groups in total. The Morgan fingerprint density at radius 1 is 1.53 bits per heavy atom. The zero-order valence-corrected chi connectivity index (χ0v) is 10.7. The molecule has 100 valence electrons. The van der Waals surface area contributed by atoms with Crippen molar-refractivity contribution in [1.29, 1.82) is 0 Å². The fourth-order valence-electron chi connectivity index (χ4n) is 3.01. The van der Waals surface area contributed by atoms with Crippen LogP contribution in [0, 0.1) is 11.8 Å². The number of hydrogen-bond donors (Lipinski definition) is 2. The molecule has 6 nitrogen and oxygen atoms in total. The highest BCUT2D eigenvalue weighted by Gasteiger charge is 2.40. The first-order valence-electron chi connectivity index (χ1n) is 6.57. The van der Waals surface area contributed by atoms with Gasteiger partial charge in [0.2, 0.25) is 0 Å². The Morgan fingerprint density at radius 3 is 3.05 bits per heavy atom. The van der Waals surface area contributed by atoms with Crippen LogP contribution in [0.25, 0.3) is 11.2 Å². The van der Waals surface area contributed by atoms with Crippen molar-refractivity contribution in [2.75, 3.05) is 0 Å². The summed E-state index contributed by atoms with van der Waals surface area (Å²) in [4.78, 5) is 27.0. The number of nitrogens with one attached hydrogen (secondary N) is 1. The minimum absolute atomic E-state index is 0.0448. The molecule has 0 spiro atoms. The molecule has 3 rings (SSSR count). The molecule has 0 aliphatic heterocycles. The minimum atomic E-state index is -0.729. The summed E-state index contributed by atoms with van der Waals surface area (Å²) in [5.41, 5.74) is 1.37. The van der Waals surface area contributed by atoms with E-state index in [1.807, 2.05) is 0 Å². The second kappa shape index (κ2) is 4.60. The maximum Gasteiger partial charge on any atom is 0.307 e. The Kier molecular flexibility index (Phi) is 2.93. The lowest BCUT2D eigenvalue weighted by Crippen LogP contribution is -2.17. The maximum absolute atomic E-state index is 11.4. The predicted octanol–water partition coefficient (Wildman–Crippen LogP) is 1.96. The van der Waals surface area contributed by atoms with Crippen LogP contribution in [-0.2, 0) is 4.79 Å². The number of carboxylic acids is 1. The molecule has 0 radical (unpaired) electrons. The first kappa shape index (κ1) is 12.1. The summed E-state index contributed by atoms with van der Waals surface area (Å²) in [6, 6.07) is 0. The molecule has 1 saturated carbocycles. The molecule has 2 aromatic heterocycles. The van der Waals surface area contributed by atoms with Crippen molar-refractivity contribution in [3.8, 4) is 0 Å². The molecule has 0 bridgehead atoms. The van der Waals surface area contributed by atoms with Crippen molar-refractivity contribution in [3.05, 3.63) is 18.3 Å². The Balaban J connectivity index is 1.97. The molecule has 6 heteroatoms. The van der Waals surface area contributed by atoms with Crippen LogP contribution >= 0.6 is 0 Å². The number of fused-ring (bicyclic) bond motifs is 1. The van der Waals surface area contributed by atoms with Crippen LogP contribution in [-0.4, -0.2) is 31.0 Å². The van der Waals surface area contributed by atoms with E-state index in [9.17, 15) is 9.90 Å². The van der Waals surface area contributed by atoms with Gasteiger partial charge in [-0.2, -0.15) is 0 Å². The van der Waals surface area contributed by atoms with Gasteiger partial charge in [0, 0.05) is 5.92 Å². The molecule has 3 atom stereocenters. The molecule has 0 amide bonds. The van der Waals surface area contributed by atoms with Crippen molar-refractivity contribution in [2.24, 2.45) is 11.8 Å². The predicted molar refractivity (Wildman–Crippen MR) is 68.6 cm³/mol. The van der Waals surface area contributed by atoms with Crippen LogP contribution in [0.3, 0.4) is 0 Å². The normalized spacial score (nSPS) is 26.9. The fraction of sp³-hybridized carbons (Fsp3) is 0.538. The molecular weight excluding hydrogens is 244 g/mol. The number of carbonyl (C=O) groups is 1. The van der Waals surface area contributed by atoms with Crippen molar-refractivity contribution >= 4 is 17.1 Å². The molecule has 1 aliphatic rings. The van der Waals surface area contributed by atoms with Crippen LogP contribution < -0.4 is 0 Å². The van der Waals surface area contributed by atoms with E-state index in [4.69, 9.17) is 0 Å². The van der Waals surface area contributed by atoms with Gasteiger partial charge in [-0.1, -0.05) is 13.3 Å². The lowest BCUT2D eigenvalue weighted by atomic mass is 9.96. The third-order valence-corrected chi connectivity index (χ3v) is 4.09. The third kappa shape index (κ3) is 2.07. The monoisotopic (exact) mass is 260 g/mol. The van der Waals surface area contributed by atoms with E-state index in [1.165, 1.54) is 6.33 Å². The molecule has 0 saturated heterocycles. The molecule has 1 fully saturated rings. The van der Waals surface area contributed by atoms with E-state index in [-0.39, 0.29) is 11.8 Å². The van der Waals surface area contributed by atoms with Gasteiger partial charge in [0.05, 0.1) is 12.1 Å². The van der Waals surface area contributed by atoms with Gasteiger partial charge in [-0.05, 0) is 18.8 Å². The van der Waals surface area contributed by atoms with Crippen molar-refractivity contribution < 1.29 is 9.90 Å². The fourth-order valence-corrected chi connectivity index (χ4v) is 3.01. The van der Waals surface area contributed by atoms with Gasteiger partial charge in [0.1, 0.15) is 17.7 Å². The van der Waals surface area contributed by atoms with Crippen molar-refractivity contribution in [3.63, 3.8) is 0 Å². The van der Waals surface area contributed by atoms with E-state index in [0.717, 1.165) is 30.6 Å². The second-order valence-electron chi connectivity index (χ2n) is 5.18. The van der Waals surface area contributed by atoms with E-state index < -0.39 is 5.97 Å². The summed E-state index contributed by atoms with van der Waals surface area (Å²) in [6.45, 7) is 2.11. The van der Waals surface area contributed by atoms with Gasteiger partial charge in [-0.3, -0.25) is 4.79 Å². The Bertz CT molecular complexity index is 576. The van der Waals surface area contributed by atoms with Gasteiger partial charge in [0.15, 0.2) is 5.65 Å². The Labute approximate surface area is 110 Å². The highest BCUT2D eigenvalue weighted by molar-refractivity contribution is 5.73. The number of nitrogens with zero attached hydrogens (tertiary/aromatic N) is 3. The van der Waals surface area contributed by atoms with E-state index in [0.29, 0.717) is 11.6 Å². The average Bonchev–Trinajstić information content (AvgIpc) is 3.02. The van der Waals surface area contributed by atoms with E-state index in [2.05, 4.69) is 26.9 Å². The van der Waals surface area contributed by atoms with Gasteiger partial charge in [-0.15, -0.1) is 0 Å². The number of aromatic amines is 1. The number of hydrogen-bond acceptors (Lipinski definition) is 4. The Hall–Kier alpha value is -1.98. The van der Waals surface area contributed by atoms with Crippen LogP contribution in [0.5, 0.6) is 0 Å². The first-order chi connectivity index (χ1) is 9.19. The molecule has 2 heterocycles. The standard InChI is InChI=1S/C13H16N4O2/c1-2-7-3-8(9(4-7)13(18)19)11-16-10-5-14-6-15-12(10)17-11/h5-9H,2-4H2,1H3,(H,18,19)(H,14,15,16,17). The number of aromatic nitrogens is 4. The lowest BCUT2D eigenvalue weighted by molar-refractivity contribution is -0.142. The van der Waals surface area contributed by atoms with Crippen molar-refractivity contribution in [2.45, 2.75) is 32.1 Å². The number of rotatable bonds is 3. The zero-order chi connectivity index (χ0) is 13.4. The number of carboxylic acid groups (broad SMARTS) is 1. The smallest absolute Gasteiger partial charge is 0.307 e. The Morgan fingerprint density at radius 2 is 2.37 bits per heavy atom. The van der Waals surface area contributed by atoms with Gasteiger partial charge in [0.25, 0.3) is 0 Å². The molecular formula is C13H16N4O2. The maximum atomic E-state index is 11.4. The topological polar surface area (TPSA) is 91.8 Å². The van der Waals surface area contributed by atoms with Crippen LogP contribution in [0.15, 0.2) is 12.5 Å². The highest BCUT2D eigenvalue weighted by Crippen LogP contribution is 2.43. The van der Waals surface area contributed by atoms with Gasteiger partial charge >= 0.3 is 5.97 Å². The molecule has 0 aromatic carbocycles. The second-order valence-corrected chi connectivity index (χ2v) is 5.18. The van der Waals surface area contributed by atoms with E-state index >= 15 is 0 Å². The minimum Gasteiger partial charge on any atom is -0.481 e. The molecule has 3 unspecified atom stereocenters. The number of H-pyrrole nitrogens is 1. The lowest BCUT2D eigenvalue weighted by Gasteiger charge is -2.12. The zero-order valence-electron chi connectivity index (χ0n) is 10.7. The average molecular weight is 260 g/mol. The largest absolute Gasteiger partial charge is 0.481 e. The third-order valence-electron chi connectivity index (χ3n) is 4.09. The first-order valence-corrected chi connectivity index (χ1v) is 6.57. The number of aliphatic carboxylic acids is 1. The summed E-state index contributed by atoms with van der Waals surface area (Å²) in [7, 11) is 0. The highest BCUT2D eigenvalue weighted by atomic mass is 16.4. The van der Waals surface area contributed by atoms with Gasteiger partial charge in [-0.25, -0.2) is 15.0 Å². The van der Waals surface area contributed by atoms with Crippen LogP contribution in [0.1, 0.15) is 37.9 Å². The summed E-state index contributed by atoms with van der Waals surface area (Å²) >= 11 is 0. The summed E-state index contributed by atoms with van der Waals surface area (Å²) in [6.07, 6.45) is 5.74. The number of imidazole rings is 1. The molecule has 2 aromatic rings. The molecule has 1 aliphatic carbocycles. The summed E-state index contributed by atoms with van der Waals surface area (Å²) in [5, 5.41) is 9.36.